The fraction of sp³-hybridized carbons (Fsp3) is 0.304. The third-order valence-electron chi connectivity index (χ3n) is 5.29. The van der Waals surface area contributed by atoms with Gasteiger partial charge in [-0.1, -0.05) is 29.4 Å². The zero-order chi connectivity index (χ0) is 22.5. The monoisotopic (exact) mass is 437 g/mol. The third-order valence-corrected chi connectivity index (χ3v) is 5.29. The number of hydrogen-bond donors (Lipinski definition) is 2. The number of nitrogens with zero attached hydrogens (tertiary/aromatic N) is 3. The summed E-state index contributed by atoms with van der Waals surface area (Å²) in [7, 11) is 0. The summed E-state index contributed by atoms with van der Waals surface area (Å²) in [6, 6.07) is 12.5. The van der Waals surface area contributed by atoms with Gasteiger partial charge in [-0.3, -0.25) is 9.59 Å². The molecule has 1 saturated heterocycles. The fourth-order valence-electron chi connectivity index (χ4n) is 3.40. The largest absolute Gasteiger partial charge is 0.360 e. The molecule has 2 aromatic carbocycles. The smallest absolute Gasteiger partial charge is 0.239 e. The Balaban J connectivity index is 1.24. The van der Waals surface area contributed by atoms with Gasteiger partial charge in [-0.15, -0.1) is 0 Å². The first kappa shape index (κ1) is 21.5. The van der Waals surface area contributed by atoms with Crippen molar-refractivity contribution in [3.05, 3.63) is 65.3 Å². The summed E-state index contributed by atoms with van der Waals surface area (Å²) in [5, 5.41) is 9.54. The lowest BCUT2D eigenvalue weighted by molar-refractivity contribution is -0.121. The molecule has 2 heterocycles. The summed E-state index contributed by atoms with van der Waals surface area (Å²) in [6.07, 6.45) is 0.494. The zero-order valence-corrected chi connectivity index (χ0v) is 17.7. The number of benzene rings is 2. The van der Waals surface area contributed by atoms with Gasteiger partial charge in [0.2, 0.25) is 23.5 Å². The lowest BCUT2D eigenvalue weighted by atomic mass is 10.1. The van der Waals surface area contributed by atoms with E-state index in [1.165, 1.54) is 6.07 Å². The molecule has 0 spiro atoms. The maximum atomic E-state index is 13.7. The highest BCUT2D eigenvalue weighted by Gasteiger charge is 2.16. The van der Waals surface area contributed by atoms with E-state index in [0.717, 1.165) is 17.8 Å². The normalized spacial score (nSPS) is 13.7. The number of halogens is 1. The molecule has 0 aliphatic carbocycles. The van der Waals surface area contributed by atoms with Crippen LogP contribution in [-0.4, -0.2) is 41.6 Å². The zero-order valence-electron chi connectivity index (χ0n) is 17.7. The summed E-state index contributed by atoms with van der Waals surface area (Å²) in [5.74, 6) is 0.175. The van der Waals surface area contributed by atoms with Crippen molar-refractivity contribution in [2.75, 3.05) is 24.5 Å². The van der Waals surface area contributed by atoms with Gasteiger partial charge in [-0.25, -0.2) is 4.39 Å². The minimum Gasteiger partial charge on any atom is -0.360 e. The highest BCUT2D eigenvalue weighted by atomic mass is 19.1. The van der Waals surface area contributed by atoms with E-state index in [-0.39, 0.29) is 24.1 Å². The molecule has 3 aromatic rings. The molecule has 9 heteroatoms. The lowest BCUT2D eigenvalue weighted by Crippen LogP contribution is -2.47. The van der Waals surface area contributed by atoms with E-state index >= 15 is 0 Å². The van der Waals surface area contributed by atoms with Crippen LogP contribution in [0, 0.1) is 12.7 Å². The molecule has 1 aliphatic heterocycles. The maximum Gasteiger partial charge on any atom is 0.239 e. The lowest BCUT2D eigenvalue weighted by Gasteiger charge is -2.28. The topological polar surface area (TPSA) is 100 Å². The molecule has 0 saturated carbocycles. The Kier molecular flexibility index (Phi) is 6.44. The van der Waals surface area contributed by atoms with E-state index in [9.17, 15) is 14.0 Å². The molecule has 1 fully saturated rings. The molecule has 2 amide bonds. The standard InChI is InChI=1S/C23H24FN5O3/c1-15-2-5-17(12-19(15)24)23-27-22(32-28-23)9-8-20(30)26-13-16-3-6-18(7-4-16)29-11-10-25-21(31)14-29/h2-7,12H,8-11,13-14H2,1H3,(H,25,31)(H,26,30). The number of anilines is 1. The summed E-state index contributed by atoms with van der Waals surface area (Å²) in [4.78, 5) is 30.0. The van der Waals surface area contributed by atoms with Crippen LogP contribution in [0.25, 0.3) is 11.4 Å². The van der Waals surface area contributed by atoms with Crippen LogP contribution in [0.5, 0.6) is 0 Å². The van der Waals surface area contributed by atoms with Gasteiger partial charge >= 0.3 is 0 Å². The summed E-state index contributed by atoms with van der Waals surface area (Å²) < 4.78 is 18.9. The maximum absolute atomic E-state index is 13.7. The molecule has 166 valence electrons. The van der Waals surface area contributed by atoms with Crippen LogP contribution >= 0.6 is 0 Å². The van der Waals surface area contributed by atoms with Crippen LogP contribution in [0.3, 0.4) is 0 Å². The van der Waals surface area contributed by atoms with Gasteiger partial charge < -0.3 is 20.1 Å². The Bertz CT molecular complexity index is 1110. The number of carbonyl (C=O) groups excluding carboxylic acids is 2. The first-order valence-corrected chi connectivity index (χ1v) is 10.4. The van der Waals surface area contributed by atoms with E-state index in [4.69, 9.17) is 4.52 Å². The molecule has 4 rings (SSSR count). The summed E-state index contributed by atoms with van der Waals surface area (Å²) in [6.45, 7) is 3.85. The molecule has 8 nitrogen and oxygen atoms in total. The molecular weight excluding hydrogens is 413 g/mol. The second-order valence-electron chi connectivity index (χ2n) is 7.69. The number of hydrogen-bond acceptors (Lipinski definition) is 6. The van der Waals surface area contributed by atoms with Crippen molar-refractivity contribution < 1.29 is 18.5 Å². The predicted molar refractivity (Wildman–Crippen MR) is 116 cm³/mol. The van der Waals surface area contributed by atoms with Crippen LogP contribution in [0.2, 0.25) is 0 Å². The number of nitrogens with one attached hydrogen (secondary N) is 2. The van der Waals surface area contributed by atoms with E-state index in [2.05, 4.69) is 20.8 Å². The molecule has 0 atom stereocenters. The van der Waals surface area contributed by atoms with Gasteiger partial charge in [-0.05, 0) is 36.2 Å². The van der Waals surface area contributed by atoms with Gasteiger partial charge in [0.25, 0.3) is 0 Å². The van der Waals surface area contributed by atoms with Crippen molar-refractivity contribution in [1.82, 2.24) is 20.8 Å². The SMILES string of the molecule is Cc1ccc(-c2noc(CCC(=O)NCc3ccc(N4CCNC(=O)C4)cc3)n2)cc1F. The van der Waals surface area contributed by atoms with Gasteiger partial charge in [0.15, 0.2) is 0 Å². The van der Waals surface area contributed by atoms with Gasteiger partial charge in [-0.2, -0.15) is 4.98 Å². The number of rotatable bonds is 7. The summed E-state index contributed by atoms with van der Waals surface area (Å²) >= 11 is 0. The van der Waals surface area contributed by atoms with Gasteiger partial charge in [0, 0.05) is 43.7 Å². The molecule has 1 aromatic heterocycles. The number of amides is 2. The van der Waals surface area contributed by atoms with Crippen LogP contribution in [0.4, 0.5) is 10.1 Å². The second-order valence-corrected chi connectivity index (χ2v) is 7.69. The minimum atomic E-state index is -0.331. The molecule has 1 aliphatic rings. The van der Waals surface area contributed by atoms with Crippen molar-refractivity contribution >= 4 is 17.5 Å². The van der Waals surface area contributed by atoms with Crippen molar-refractivity contribution in [3.63, 3.8) is 0 Å². The molecule has 2 N–H and O–H groups in total. The van der Waals surface area contributed by atoms with Crippen molar-refractivity contribution in [2.24, 2.45) is 0 Å². The first-order valence-electron chi connectivity index (χ1n) is 10.4. The van der Waals surface area contributed by atoms with E-state index in [1.54, 1.807) is 19.1 Å². The van der Waals surface area contributed by atoms with Crippen LogP contribution in [0.1, 0.15) is 23.4 Å². The average molecular weight is 437 g/mol. The Morgan fingerprint density at radius 3 is 2.81 bits per heavy atom. The Morgan fingerprint density at radius 2 is 2.06 bits per heavy atom. The number of carbonyl (C=O) groups is 2. The number of aromatic nitrogens is 2. The van der Waals surface area contributed by atoms with Crippen LogP contribution in [-0.2, 0) is 22.6 Å². The Labute approximate surface area is 184 Å². The summed E-state index contributed by atoms with van der Waals surface area (Å²) in [5.41, 5.74) is 3.02. The second kappa shape index (κ2) is 9.59. The molecule has 32 heavy (non-hydrogen) atoms. The predicted octanol–water partition coefficient (Wildman–Crippen LogP) is 2.37. The molecule has 0 bridgehead atoms. The highest BCUT2D eigenvalue weighted by Crippen LogP contribution is 2.19. The van der Waals surface area contributed by atoms with Crippen molar-refractivity contribution in [1.29, 1.82) is 0 Å². The Hall–Kier alpha value is -3.75. The van der Waals surface area contributed by atoms with Crippen LogP contribution in [0.15, 0.2) is 47.0 Å². The minimum absolute atomic E-state index is 0.0204. The van der Waals surface area contributed by atoms with Crippen LogP contribution < -0.4 is 15.5 Å². The highest BCUT2D eigenvalue weighted by molar-refractivity contribution is 5.82. The third kappa shape index (κ3) is 5.29. The fourth-order valence-corrected chi connectivity index (χ4v) is 3.40. The number of piperazine rings is 1. The molecular formula is C23H24FN5O3. The quantitative estimate of drug-likeness (QED) is 0.589. The van der Waals surface area contributed by atoms with Gasteiger partial charge in [0.05, 0.1) is 6.54 Å². The Morgan fingerprint density at radius 1 is 1.25 bits per heavy atom. The molecule has 0 unspecified atom stereocenters. The average Bonchev–Trinajstić information content (AvgIpc) is 3.27. The van der Waals surface area contributed by atoms with Gasteiger partial charge in [0.1, 0.15) is 5.82 Å². The van der Waals surface area contributed by atoms with E-state index in [0.29, 0.717) is 48.9 Å². The first-order chi connectivity index (χ1) is 15.5. The molecule has 0 radical (unpaired) electrons. The van der Waals surface area contributed by atoms with E-state index in [1.807, 2.05) is 29.2 Å². The number of aryl methyl sites for hydroxylation is 2. The van der Waals surface area contributed by atoms with Crippen molar-refractivity contribution in [2.45, 2.75) is 26.3 Å². The van der Waals surface area contributed by atoms with Crippen molar-refractivity contribution in [3.8, 4) is 11.4 Å². The van der Waals surface area contributed by atoms with E-state index < -0.39 is 0 Å².